The third-order valence-corrected chi connectivity index (χ3v) is 3.73. The summed E-state index contributed by atoms with van der Waals surface area (Å²) in [4.78, 5) is 11.8. The van der Waals surface area contributed by atoms with Gasteiger partial charge in [0.1, 0.15) is 0 Å². The highest BCUT2D eigenvalue weighted by Gasteiger charge is 2.33. The molecule has 0 aromatic heterocycles. The molecule has 1 atom stereocenters. The topological polar surface area (TPSA) is 38.3 Å². The molecule has 0 aromatic carbocycles. The maximum atomic E-state index is 11.8. The van der Waals surface area contributed by atoms with Crippen LogP contribution in [-0.2, 0) is 9.53 Å². The van der Waals surface area contributed by atoms with Crippen molar-refractivity contribution in [3.05, 3.63) is 0 Å². The van der Waals surface area contributed by atoms with Crippen LogP contribution in [0.1, 0.15) is 58.8 Å². The summed E-state index contributed by atoms with van der Waals surface area (Å²) in [6.07, 6.45) is 7.38. The standard InChI is InChI=1S/C13H25NO2/c1-4-11(2)16-12(15)10-13(14-3)8-6-5-7-9-13/h11,14H,4-10H2,1-3H3. The molecule has 1 aliphatic carbocycles. The second-order valence-corrected chi connectivity index (χ2v) is 4.98. The van der Waals surface area contributed by atoms with E-state index in [1.807, 2.05) is 20.9 Å². The zero-order chi connectivity index (χ0) is 12.0. The minimum absolute atomic E-state index is 0.00277. The Labute approximate surface area is 98.9 Å². The molecule has 1 saturated carbocycles. The summed E-state index contributed by atoms with van der Waals surface area (Å²) in [5.41, 5.74) is 0.00277. The van der Waals surface area contributed by atoms with Crippen LogP contribution in [0.5, 0.6) is 0 Å². The first-order chi connectivity index (χ1) is 7.62. The van der Waals surface area contributed by atoms with E-state index in [1.54, 1.807) is 0 Å². The van der Waals surface area contributed by atoms with Crippen molar-refractivity contribution in [1.29, 1.82) is 0 Å². The van der Waals surface area contributed by atoms with Gasteiger partial charge < -0.3 is 10.1 Å². The van der Waals surface area contributed by atoms with E-state index in [4.69, 9.17) is 4.74 Å². The summed E-state index contributed by atoms with van der Waals surface area (Å²) in [6, 6.07) is 0. The Morgan fingerprint density at radius 1 is 1.38 bits per heavy atom. The molecule has 0 aromatic rings. The van der Waals surface area contributed by atoms with Crippen LogP contribution in [0.25, 0.3) is 0 Å². The highest BCUT2D eigenvalue weighted by Crippen LogP contribution is 2.31. The van der Waals surface area contributed by atoms with Gasteiger partial charge in [-0.2, -0.15) is 0 Å². The maximum Gasteiger partial charge on any atom is 0.307 e. The van der Waals surface area contributed by atoms with Gasteiger partial charge in [0.2, 0.25) is 0 Å². The molecule has 0 bridgehead atoms. The van der Waals surface area contributed by atoms with Gasteiger partial charge in [-0.15, -0.1) is 0 Å². The summed E-state index contributed by atoms with van der Waals surface area (Å²) in [6.45, 7) is 3.98. The number of nitrogens with one attached hydrogen (secondary N) is 1. The Bertz CT molecular complexity index is 222. The van der Waals surface area contributed by atoms with Crippen LogP contribution < -0.4 is 5.32 Å². The molecule has 3 nitrogen and oxygen atoms in total. The number of carbonyl (C=O) groups excluding carboxylic acids is 1. The van der Waals surface area contributed by atoms with Crippen molar-refractivity contribution in [3.8, 4) is 0 Å². The van der Waals surface area contributed by atoms with E-state index in [0.29, 0.717) is 6.42 Å². The van der Waals surface area contributed by atoms with E-state index in [1.165, 1.54) is 19.3 Å². The van der Waals surface area contributed by atoms with Gasteiger partial charge in [-0.25, -0.2) is 0 Å². The highest BCUT2D eigenvalue weighted by atomic mass is 16.5. The summed E-state index contributed by atoms with van der Waals surface area (Å²) in [5, 5.41) is 3.34. The van der Waals surface area contributed by atoms with E-state index in [9.17, 15) is 4.79 Å². The third-order valence-electron chi connectivity index (χ3n) is 3.73. The number of carbonyl (C=O) groups is 1. The monoisotopic (exact) mass is 227 g/mol. The molecule has 16 heavy (non-hydrogen) atoms. The summed E-state index contributed by atoms with van der Waals surface area (Å²) in [7, 11) is 1.96. The van der Waals surface area contributed by atoms with Crippen LogP contribution in [0.4, 0.5) is 0 Å². The van der Waals surface area contributed by atoms with Gasteiger partial charge in [0.05, 0.1) is 12.5 Å². The summed E-state index contributed by atoms with van der Waals surface area (Å²) in [5.74, 6) is -0.0504. The quantitative estimate of drug-likeness (QED) is 0.734. The molecule has 0 spiro atoms. The minimum Gasteiger partial charge on any atom is -0.463 e. The zero-order valence-corrected chi connectivity index (χ0v) is 10.8. The normalized spacial score (nSPS) is 21.4. The molecule has 1 rings (SSSR count). The zero-order valence-electron chi connectivity index (χ0n) is 10.8. The molecule has 1 N–H and O–H groups in total. The Morgan fingerprint density at radius 2 is 2.00 bits per heavy atom. The minimum atomic E-state index is -0.0504. The Hall–Kier alpha value is -0.570. The molecule has 94 valence electrons. The molecule has 1 aliphatic rings. The fraction of sp³-hybridized carbons (Fsp3) is 0.923. The van der Waals surface area contributed by atoms with Crippen LogP contribution in [-0.4, -0.2) is 24.7 Å². The average Bonchev–Trinajstić information content (AvgIpc) is 2.29. The lowest BCUT2D eigenvalue weighted by molar-refractivity contribution is -0.150. The van der Waals surface area contributed by atoms with Crippen LogP contribution in [0, 0.1) is 0 Å². The van der Waals surface area contributed by atoms with Gasteiger partial charge in [0, 0.05) is 5.54 Å². The smallest absolute Gasteiger partial charge is 0.307 e. The SMILES string of the molecule is CCC(C)OC(=O)CC1(NC)CCCCC1. The van der Waals surface area contributed by atoms with Crippen molar-refractivity contribution in [2.24, 2.45) is 0 Å². The van der Waals surface area contributed by atoms with Crippen molar-refractivity contribution in [1.82, 2.24) is 5.32 Å². The Balaban J connectivity index is 2.45. The molecule has 0 aliphatic heterocycles. The molecule has 3 heteroatoms. The fourth-order valence-electron chi connectivity index (χ4n) is 2.37. The maximum absolute atomic E-state index is 11.8. The van der Waals surface area contributed by atoms with Gasteiger partial charge in [0.25, 0.3) is 0 Å². The molecule has 1 unspecified atom stereocenters. The van der Waals surface area contributed by atoms with Gasteiger partial charge in [-0.3, -0.25) is 4.79 Å². The molecule has 0 saturated heterocycles. The molecular formula is C13H25NO2. The van der Waals surface area contributed by atoms with Crippen LogP contribution >= 0.6 is 0 Å². The number of ether oxygens (including phenoxy) is 1. The second-order valence-electron chi connectivity index (χ2n) is 4.98. The van der Waals surface area contributed by atoms with E-state index in [-0.39, 0.29) is 17.6 Å². The van der Waals surface area contributed by atoms with Crippen LogP contribution in [0.3, 0.4) is 0 Å². The van der Waals surface area contributed by atoms with Crippen molar-refractivity contribution in [2.75, 3.05) is 7.05 Å². The summed E-state index contributed by atoms with van der Waals surface area (Å²) < 4.78 is 5.35. The molecule has 1 fully saturated rings. The predicted molar refractivity (Wildman–Crippen MR) is 65.3 cm³/mol. The number of esters is 1. The van der Waals surface area contributed by atoms with Gasteiger partial charge in [-0.05, 0) is 33.2 Å². The lowest BCUT2D eigenvalue weighted by Crippen LogP contribution is -2.46. The van der Waals surface area contributed by atoms with Crippen molar-refractivity contribution < 1.29 is 9.53 Å². The molecule has 0 radical (unpaired) electrons. The van der Waals surface area contributed by atoms with Gasteiger partial charge in [0.15, 0.2) is 0 Å². The van der Waals surface area contributed by atoms with Crippen molar-refractivity contribution in [3.63, 3.8) is 0 Å². The third kappa shape index (κ3) is 3.78. The highest BCUT2D eigenvalue weighted by molar-refractivity contribution is 5.71. The van der Waals surface area contributed by atoms with Crippen molar-refractivity contribution >= 4 is 5.97 Å². The first-order valence-corrected chi connectivity index (χ1v) is 6.50. The Morgan fingerprint density at radius 3 is 2.50 bits per heavy atom. The first kappa shape index (κ1) is 13.5. The summed E-state index contributed by atoms with van der Waals surface area (Å²) >= 11 is 0. The average molecular weight is 227 g/mol. The van der Waals surface area contributed by atoms with Crippen LogP contribution in [0.15, 0.2) is 0 Å². The first-order valence-electron chi connectivity index (χ1n) is 6.50. The lowest BCUT2D eigenvalue weighted by atomic mass is 9.79. The predicted octanol–water partition coefficient (Wildman–Crippen LogP) is 2.64. The lowest BCUT2D eigenvalue weighted by Gasteiger charge is -2.36. The van der Waals surface area contributed by atoms with E-state index in [0.717, 1.165) is 19.3 Å². The number of hydrogen-bond acceptors (Lipinski definition) is 3. The van der Waals surface area contributed by atoms with E-state index >= 15 is 0 Å². The van der Waals surface area contributed by atoms with Gasteiger partial charge >= 0.3 is 5.97 Å². The number of hydrogen-bond donors (Lipinski definition) is 1. The molecular weight excluding hydrogens is 202 g/mol. The van der Waals surface area contributed by atoms with Crippen LogP contribution in [0.2, 0.25) is 0 Å². The Kier molecular flexibility index (Phi) is 5.26. The van der Waals surface area contributed by atoms with E-state index < -0.39 is 0 Å². The molecule has 0 heterocycles. The van der Waals surface area contributed by atoms with Gasteiger partial charge in [-0.1, -0.05) is 26.2 Å². The second kappa shape index (κ2) is 6.24. The van der Waals surface area contributed by atoms with E-state index in [2.05, 4.69) is 5.32 Å². The van der Waals surface area contributed by atoms with Crippen molar-refractivity contribution in [2.45, 2.75) is 70.4 Å². The number of rotatable bonds is 5. The fourth-order valence-corrected chi connectivity index (χ4v) is 2.37. The molecule has 0 amide bonds. The largest absolute Gasteiger partial charge is 0.463 e.